The van der Waals surface area contributed by atoms with E-state index >= 15 is 0 Å². The van der Waals surface area contributed by atoms with Crippen LogP contribution in [0.4, 0.5) is 8.78 Å². The lowest BCUT2D eigenvalue weighted by Crippen LogP contribution is -2.48. The zero-order valence-electron chi connectivity index (χ0n) is 13.9. The number of thiophene rings is 1. The van der Waals surface area contributed by atoms with E-state index in [2.05, 4.69) is 9.97 Å². The topological polar surface area (TPSA) is 50.4 Å². The van der Waals surface area contributed by atoms with Gasteiger partial charge in [0, 0.05) is 41.1 Å². The van der Waals surface area contributed by atoms with Crippen molar-refractivity contribution in [3.63, 3.8) is 0 Å². The standard InChI is InChI=1S/C19H15F2N3OS/c1-11-7-24-8-13(3-5-16(24)22-11)14-4-2-12-6-15(26-17(12)23-14)18(25)9-19(20,21)10-18/h2-8,25H,9-10H2,1H3. The van der Waals surface area contributed by atoms with Crippen molar-refractivity contribution in [3.05, 3.63) is 53.3 Å². The van der Waals surface area contributed by atoms with Crippen molar-refractivity contribution in [2.75, 3.05) is 0 Å². The highest BCUT2D eigenvalue weighted by Crippen LogP contribution is 2.53. The molecule has 0 unspecified atom stereocenters. The van der Waals surface area contributed by atoms with Crippen LogP contribution in [-0.4, -0.2) is 25.4 Å². The van der Waals surface area contributed by atoms with Gasteiger partial charge in [0.05, 0.1) is 11.4 Å². The van der Waals surface area contributed by atoms with E-state index in [1.165, 1.54) is 11.3 Å². The molecule has 0 amide bonds. The minimum Gasteiger partial charge on any atom is -0.384 e. The average Bonchev–Trinajstić information content (AvgIpc) is 3.13. The molecule has 1 fully saturated rings. The van der Waals surface area contributed by atoms with Gasteiger partial charge < -0.3 is 9.51 Å². The second-order valence-corrected chi connectivity index (χ2v) is 8.04. The molecule has 7 heteroatoms. The molecule has 4 heterocycles. The molecule has 0 atom stereocenters. The van der Waals surface area contributed by atoms with E-state index in [1.54, 1.807) is 6.07 Å². The minimum absolute atomic E-state index is 0.518. The highest BCUT2D eigenvalue weighted by Gasteiger charge is 2.57. The lowest BCUT2D eigenvalue weighted by molar-refractivity contribution is -0.208. The Labute approximate surface area is 151 Å². The number of aliphatic hydroxyl groups is 1. The Hall–Kier alpha value is -2.38. The van der Waals surface area contributed by atoms with Crippen molar-refractivity contribution in [1.29, 1.82) is 0 Å². The number of imidazole rings is 1. The van der Waals surface area contributed by atoms with Crippen LogP contribution >= 0.6 is 11.3 Å². The van der Waals surface area contributed by atoms with Crippen LogP contribution in [0.25, 0.3) is 27.1 Å². The van der Waals surface area contributed by atoms with E-state index in [-0.39, 0.29) is 0 Å². The quantitative estimate of drug-likeness (QED) is 0.563. The summed E-state index contributed by atoms with van der Waals surface area (Å²) in [7, 11) is 0. The van der Waals surface area contributed by atoms with Crippen molar-refractivity contribution in [3.8, 4) is 11.3 Å². The van der Waals surface area contributed by atoms with E-state index < -0.39 is 24.4 Å². The number of halogens is 2. The molecule has 0 aliphatic heterocycles. The first-order valence-electron chi connectivity index (χ1n) is 8.28. The maximum absolute atomic E-state index is 13.2. The summed E-state index contributed by atoms with van der Waals surface area (Å²) in [6.07, 6.45) is 2.89. The normalized spacial score (nSPS) is 18.3. The fourth-order valence-electron chi connectivity index (χ4n) is 3.56. The Bertz CT molecular complexity index is 1160. The van der Waals surface area contributed by atoms with Gasteiger partial charge in [-0.3, -0.25) is 0 Å². The third-order valence-electron chi connectivity index (χ3n) is 4.81. The molecule has 4 aromatic heterocycles. The van der Waals surface area contributed by atoms with Gasteiger partial charge in [0.15, 0.2) is 0 Å². The van der Waals surface area contributed by atoms with Gasteiger partial charge in [-0.25, -0.2) is 18.7 Å². The number of aromatic nitrogens is 3. The van der Waals surface area contributed by atoms with Gasteiger partial charge in [-0.1, -0.05) is 0 Å². The van der Waals surface area contributed by atoms with Crippen molar-refractivity contribution in [1.82, 2.24) is 14.4 Å². The summed E-state index contributed by atoms with van der Waals surface area (Å²) in [5.41, 5.74) is 2.13. The van der Waals surface area contributed by atoms with Crippen LogP contribution in [0.2, 0.25) is 0 Å². The maximum atomic E-state index is 13.2. The van der Waals surface area contributed by atoms with E-state index in [1.807, 2.05) is 48.0 Å². The zero-order valence-corrected chi connectivity index (χ0v) is 14.7. The monoisotopic (exact) mass is 371 g/mol. The van der Waals surface area contributed by atoms with Gasteiger partial charge in [-0.2, -0.15) is 0 Å². The third-order valence-corrected chi connectivity index (χ3v) is 6.05. The molecule has 4 nitrogen and oxygen atoms in total. The van der Waals surface area contributed by atoms with E-state index in [4.69, 9.17) is 0 Å². The Kier molecular flexibility index (Phi) is 3.10. The summed E-state index contributed by atoms with van der Waals surface area (Å²) in [5, 5.41) is 11.3. The SMILES string of the molecule is Cc1cn2cc(-c3ccc4cc(C5(O)CC(F)(F)C5)sc4n3)ccc2n1. The highest BCUT2D eigenvalue weighted by atomic mass is 32.1. The first-order valence-corrected chi connectivity index (χ1v) is 9.10. The first kappa shape index (κ1) is 15.8. The smallest absolute Gasteiger partial charge is 0.254 e. The van der Waals surface area contributed by atoms with Gasteiger partial charge in [0.1, 0.15) is 16.1 Å². The van der Waals surface area contributed by atoms with E-state index in [0.29, 0.717) is 4.88 Å². The van der Waals surface area contributed by atoms with Crippen molar-refractivity contribution in [2.24, 2.45) is 0 Å². The summed E-state index contributed by atoms with van der Waals surface area (Å²) in [5.74, 6) is -2.78. The second kappa shape index (κ2) is 5.08. The predicted octanol–water partition coefficient (Wildman–Crippen LogP) is 4.54. The molecule has 1 N–H and O–H groups in total. The lowest BCUT2D eigenvalue weighted by Gasteiger charge is -2.42. The summed E-state index contributed by atoms with van der Waals surface area (Å²) in [6.45, 7) is 1.94. The van der Waals surface area contributed by atoms with Crippen LogP contribution < -0.4 is 0 Å². The van der Waals surface area contributed by atoms with Crippen LogP contribution in [0.5, 0.6) is 0 Å². The molecule has 0 radical (unpaired) electrons. The minimum atomic E-state index is -2.78. The molecule has 0 spiro atoms. The third kappa shape index (κ3) is 2.42. The number of fused-ring (bicyclic) bond motifs is 2. The van der Waals surface area contributed by atoms with Crippen LogP contribution in [0.15, 0.2) is 42.7 Å². The summed E-state index contributed by atoms with van der Waals surface area (Å²) in [6, 6.07) is 9.50. The van der Waals surface area contributed by atoms with Gasteiger partial charge in [-0.05, 0) is 37.3 Å². The molecule has 1 aliphatic carbocycles. The molecular formula is C19H15F2N3OS. The number of alkyl halides is 2. The molecular weight excluding hydrogens is 356 g/mol. The van der Waals surface area contributed by atoms with E-state index in [9.17, 15) is 13.9 Å². The number of pyridine rings is 2. The molecule has 4 aromatic rings. The highest BCUT2D eigenvalue weighted by molar-refractivity contribution is 7.18. The lowest BCUT2D eigenvalue weighted by atomic mass is 9.75. The van der Waals surface area contributed by atoms with Crippen molar-refractivity contribution in [2.45, 2.75) is 31.3 Å². The molecule has 132 valence electrons. The fourth-order valence-corrected chi connectivity index (χ4v) is 4.67. The molecule has 1 saturated carbocycles. The number of hydrogen-bond acceptors (Lipinski definition) is 4. The number of nitrogens with zero attached hydrogens (tertiary/aromatic N) is 3. The van der Waals surface area contributed by atoms with Crippen LogP contribution in [0.1, 0.15) is 23.4 Å². The first-order chi connectivity index (χ1) is 12.3. The largest absolute Gasteiger partial charge is 0.384 e. The van der Waals surface area contributed by atoms with Crippen LogP contribution in [0, 0.1) is 6.92 Å². The van der Waals surface area contributed by atoms with Gasteiger partial charge in [0.2, 0.25) is 0 Å². The second-order valence-electron chi connectivity index (χ2n) is 7.01. The number of hydrogen-bond donors (Lipinski definition) is 1. The van der Waals surface area contributed by atoms with Gasteiger partial charge >= 0.3 is 0 Å². The molecule has 1 aliphatic rings. The number of aryl methyl sites for hydroxylation is 1. The summed E-state index contributed by atoms with van der Waals surface area (Å²) in [4.78, 5) is 10.4. The van der Waals surface area contributed by atoms with Gasteiger partial charge in [-0.15, -0.1) is 11.3 Å². The molecule has 26 heavy (non-hydrogen) atoms. The molecule has 0 saturated heterocycles. The van der Waals surface area contributed by atoms with E-state index in [0.717, 1.165) is 32.8 Å². The Morgan fingerprint density at radius 1 is 1.12 bits per heavy atom. The van der Waals surface area contributed by atoms with Gasteiger partial charge in [0.25, 0.3) is 5.92 Å². The Morgan fingerprint density at radius 3 is 2.69 bits per heavy atom. The van der Waals surface area contributed by atoms with Crippen molar-refractivity contribution >= 4 is 27.2 Å². The zero-order chi connectivity index (χ0) is 18.1. The van der Waals surface area contributed by atoms with Crippen LogP contribution in [0.3, 0.4) is 0 Å². The summed E-state index contributed by atoms with van der Waals surface area (Å²) < 4.78 is 28.4. The maximum Gasteiger partial charge on any atom is 0.254 e. The molecule has 5 rings (SSSR count). The molecule has 0 aromatic carbocycles. The average molecular weight is 371 g/mol. The number of rotatable bonds is 2. The Balaban J connectivity index is 1.55. The predicted molar refractivity (Wildman–Crippen MR) is 96.6 cm³/mol. The summed E-state index contributed by atoms with van der Waals surface area (Å²) >= 11 is 1.28. The Morgan fingerprint density at radius 2 is 1.92 bits per heavy atom. The van der Waals surface area contributed by atoms with Crippen molar-refractivity contribution < 1.29 is 13.9 Å². The fraction of sp³-hybridized carbons (Fsp3) is 0.263. The van der Waals surface area contributed by atoms with Crippen LogP contribution in [-0.2, 0) is 5.60 Å². The molecule has 0 bridgehead atoms.